The minimum Gasteiger partial charge on any atom is -0.489 e. The molecule has 1 unspecified atom stereocenters. The van der Waals surface area contributed by atoms with E-state index in [0.29, 0.717) is 12.2 Å². The Morgan fingerprint density at radius 2 is 1.90 bits per heavy atom. The lowest BCUT2D eigenvalue weighted by atomic mass is 10.1. The average molecular weight is 281 g/mol. The van der Waals surface area contributed by atoms with Crippen LogP contribution in [0, 0.1) is 25.2 Å². The Morgan fingerprint density at radius 3 is 2.48 bits per heavy atom. The molecule has 0 saturated carbocycles. The number of aliphatic hydroxyl groups excluding tert-OH is 1. The largest absolute Gasteiger partial charge is 0.489 e. The maximum absolute atomic E-state index is 9.57. The molecular weight excluding hydrogens is 262 g/mol. The molecule has 0 heterocycles. The summed E-state index contributed by atoms with van der Waals surface area (Å²) < 4.78 is 5.85. The maximum Gasteiger partial charge on any atom is 0.122 e. The normalized spacial score (nSPS) is 11.8. The first-order valence-corrected chi connectivity index (χ1v) is 6.92. The van der Waals surface area contributed by atoms with E-state index in [9.17, 15) is 5.11 Å². The topological polar surface area (TPSA) is 53.2 Å². The van der Waals surface area contributed by atoms with Gasteiger partial charge in [-0.3, -0.25) is 0 Å². The number of hydrogen-bond donors (Lipinski definition) is 1. The number of nitriles is 1. The maximum atomic E-state index is 9.57. The summed E-state index contributed by atoms with van der Waals surface area (Å²) in [5.74, 6) is 0.808. The lowest BCUT2D eigenvalue weighted by molar-refractivity contribution is 0.199. The molecule has 0 aliphatic heterocycles. The van der Waals surface area contributed by atoms with Crippen molar-refractivity contribution < 1.29 is 9.84 Å². The molecule has 21 heavy (non-hydrogen) atoms. The van der Waals surface area contributed by atoms with Crippen molar-refractivity contribution in [2.24, 2.45) is 0 Å². The van der Waals surface area contributed by atoms with Crippen molar-refractivity contribution in [3.63, 3.8) is 0 Å². The highest BCUT2D eigenvalue weighted by molar-refractivity contribution is 5.39. The quantitative estimate of drug-likeness (QED) is 0.927. The second kappa shape index (κ2) is 6.43. The smallest absolute Gasteiger partial charge is 0.122 e. The first kappa shape index (κ1) is 15.1. The summed E-state index contributed by atoms with van der Waals surface area (Å²) in [5.41, 5.74) is 4.66. The van der Waals surface area contributed by atoms with Crippen molar-refractivity contribution in [3.8, 4) is 11.8 Å². The fraction of sp³-hybridized carbons (Fsp3) is 0.278. The zero-order chi connectivity index (χ0) is 15.4. The summed E-state index contributed by atoms with van der Waals surface area (Å²) in [5, 5.41) is 18.4. The number of benzene rings is 2. The average Bonchev–Trinajstić information content (AvgIpc) is 2.46. The van der Waals surface area contributed by atoms with Crippen LogP contribution in [0.5, 0.6) is 5.75 Å². The molecule has 2 rings (SSSR count). The Kier molecular flexibility index (Phi) is 4.62. The number of aryl methyl sites for hydroxylation is 2. The van der Waals surface area contributed by atoms with Crippen LogP contribution in [0.2, 0.25) is 0 Å². The fourth-order valence-corrected chi connectivity index (χ4v) is 2.18. The molecule has 0 saturated heterocycles. The molecule has 0 bridgehead atoms. The summed E-state index contributed by atoms with van der Waals surface area (Å²) in [6.07, 6.45) is -0.474. The van der Waals surface area contributed by atoms with Gasteiger partial charge in [-0.25, -0.2) is 0 Å². The van der Waals surface area contributed by atoms with E-state index >= 15 is 0 Å². The Morgan fingerprint density at radius 1 is 1.14 bits per heavy atom. The van der Waals surface area contributed by atoms with Crippen LogP contribution < -0.4 is 4.74 Å². The zero-order valence-corrected chi connectivity index (χ0v) is 12.6. The van der Waals surface area contributed by atoms with E-state index in [1.54, 1.807) is 13.0 Å². The molecule has 108 valence electrons. The van der Waals surface area contributed by atoms with Gasteiger partial charge in [0.2, 0.25) is 0 Å². The van der Waals surface area contributed by atoms with Gasteiger partial charge in [0.05, 0.1) is 17.7 Å². The summed E-state index contributed by atoms with van der Waals surface area (Å²) in [7, 11) is 0. The molecule has 0 radical (unpaired) electrons. The first-order chi connectivity index (χ1) is 10.0. The van der Waals surface area contributed by atoms with E-state index in [1.807, 2.05) is 44.2 Å². The lowest BCUT2D eigenvalue weighted by Gasteiger charge is -2.13. The molecule has 0 spiro atoms. The molecule has 3 nitrogen and oxygen atoms in total. The van der Waals surface area contributed by atoms with Gasteiger partial charge in [0.25, 0.3) is 0 Å². The van der Waals surface area contributed by atoms with Crippen LogP contribution in [0.4, 0.5) is 0 Å². The Hall–Kier alpha value is -2.31. The standard InChI is InChI=1S/C18H19NO2/c1-12-8-15(10-19)4-5-17(12)11-21-18-7-6-16(14(3)20)9-13(18)2/h4-9,14,20H,11H2,1-3H3. The Bertz CT molecular complexity index is 684. The van der Waals surface area contributed by atoms with E-state index in [0.717, 1.165) is 28.0 Å². The van der Waals surface area contributed by atoms with Crippen LogP contribution in [0.25, 0.3) is 0 Å². The van der Waals surface area contributed by atoms with Gasteiger partial charge in [-0.15, -0.1) is 0 Å². The molecule has 0 aliphatic rings. The molecule has 3 heteroatoms. The second-order valence-corrected chi connectivity index (χ2v) is 5.24. The molecule has 0 fully saturated rings. The third-order valence-electron chi connectivity index (χ3n) is 3.54. The second-order valence-electron chi connectivity index (χ2n) is 5.24. The van der Waals surface area contributed by atoms with Gasteiger partial charge in [-0.05, 0) is 67.3 Å². The Labute approximate surface area is 125 Å². The van der Waals surface area contributed by atoms with E-state index in [-0.39, 0.29) is 0 Å². The van der Waals surface area contributed by atoms with Crippen molar-refractivity contribution in [3.05, 3.63) is 64.2 Å². The van der Waals surface area contributed by atoms with Gasteiger partial charge in [0, 0.05) is 0 Å². The van der Waals surface area contributed by atoms with E-state index in [4.69, 9.17) is 10.00 Å². The number of nitrogens with zero attached hydrogens (tertiary/aromatic N) is 1. The molecule has 2 aromatic rings. The van der Waals surface area contributed by atoms with Gasteiger partial charge >= 0.3 is 0 Å². The minimum atomic E-state index is -0.474. The first-order valence-electron chi connectivity index (χ1n) is 6.92. The van der Waals surface area contributed by atoms with Crippen LogP contribution in [-0.4, -0.2) is 5.11 Å². The van der Waals surface area contributed by atoms with Gasteiger partial charge in [0.1, 0.15) is 12.4 Å². The third kappa shape index (κ3) is 3.62. The van der Waals surface area contributed by atoms with Crippen molar-refractivity contribution in [2.45, 2.75) is 33.5 Å². The van der Waals surface area contributed by atoms with Crippen LogP contribution in [0.3, 0.4) is 0 Å². The summed E-state index contributed by atoms with van der Waals surface area (Å²) in [6.45, 7) is 6.15. The van der Waals surface area contributed by atoms with Crippen molar-refractivity contribution in [1.82, 2.24) is 0 Å². The SMILES string of the molecule is Cc1cc(C#N)ccc1COc1ccc(C(C)O)cc1C. The number of ether oxygens (including phenoxy) is 1. The molecule has 1 atom stereocenters. The van der Waals surface area contributed by atoms with Crippen molar-refractivity contribution in [1.29, 1.82) is 5.26 Å². The number of rotatable bonds is 4. The van der Waals surface area contributed by atoms with Crippen LogP contribution in [0.1, 0.15) is 40.8 Å². The van der Waals surface area contributed by atoms with Gasteiger partial charge in [-0.2, -0.15) is 5.26 Å². The van der Waals surface area contributed by atoms with E-state index < -0.39 is 6.10 Å². The highest BCUT2D eigenvalue weighted by Gasteiger charge is 2.06. The van der Waals surface area contributed by atoms with Crippen LogP contribution >= 0.6 is 0 Å². The minimum absolute atomic E-state index is 0.465. The third-order valence-corrected chi connectivity index (χ3v) is 3.54. The highest BCUT2D eigenvalue weighted by Crippen LogP contribution is 2.24. The van der Waals surface area contributed by atoms with Gasteiger partial charge < -0.3 is 9.84 Å². The monoisotopic (exact) mass is 281 g/mol. The molecule has 1 N–H and O–H groups in total. The molecule has 0 amide bonds. The summed E-state index contributed by atoms with van der Waals surface area (Å²) in [4.78, 5) is 0. The fourth-order valence-electron chi connectivity index (χ4n) is 2.18. The molecular formula is C18H19NO2. The Balaban J connectivity index is 2.12. The highest BCUT2D eigenvalue weighted by atomic mass is 16.5. The number of hydrogen-bond acceptors (Lipinski definition) is 3. The number of aliphatic hydroxyl groups is 1. The van der Waals surface area contributed by atoms with Crippen molar-refractivity contribution >= 4 is 0 Å². The molecule has 0 aliphatic carbocycles. The van der Waals surface area contributed by atoms with E-state index in [1.165, 1.54) is 0 Å². The summed E-state index contributed by atoms with van der Waals surface area (Å²) in [6, 6.07) is 13.4. The van der Waals surface area contributed by atoms with Gasteiger partial charge in [0.15, 0.2) is 0 Å². The van der Waals surface area contributed by atoms with Crippen molar-refractivity contribution in [2.75, 3.05) is 0 Å². The van der Waals surface area contributed by atoms with Crippen LogP contribution in [0.15, 0.2) is 36.4 Å². The summed E-state index contributed by atoms with van der Waals surface area (Å²) >= 11 is 0. The predicted octanol–water partition coefficient (Wildman–Crippen LogP) is 3.81. The van der Waals surface area contributed by atoms with E-state index in [2.05, 4.69) is 6.07 Å². The molecule has 0 aromatic heterocycles. The van der Waals surface area contributed by atoms with Crippen LogP contribution in [-0.2, 0) is 6.61 Å². The predicted molar refractivity (Wildman–Crippen MR) is 82.0 cm³/mol. The lowest BCUT2D eigenvalue weighted by Crippen LogP contribution is -2.00. The molecule has 2 aromatic carbocycles. The zero-order valence-electron chi connectivity index (χ0n) is 12.6. The van der Waals surface area contributed by atoms with Gasteiger partial charge in [-0.1, -0.05) is 12.1 Å².